The smallest absolute Gasteiger partial charge is 0.147 e. The first-order valence-corrected chi connectivity index (χ1v) is 9.33. The average molecular weight is 352 g/mol. The highest BCUT2D eigenvalue weighted by Crippen LogP contribution is 2.36. The fourth-order valence-corrected chi connectivity index (χ4v) is 4.26. The van der Waals surface area contributed by atoms with Crippen LogP contribution in [-0.4, -0.2) is 35.2 Å². The number of rotatable bonds is 4. The molecule has 0 atom stereocenters. The van der Waals surface area contributed by atoms with Crippen molar-refractivity contribution in [2.45, 2.75) is 18.8 Å². The second kappa shape index (κ2) is 7.19. The van der Waals surface area contributed by atoms with E-state index in [-0.39, 0.29) is 0 Å². The molecule has 3 aromatic rings. The van der Waals surface area contributed by atoms with Crippen molar-refractivity contribution in [3.8, 4) is 17.0 Å². The van der Waals surface area contributed by atoms with Crippen LogP contribution in [0.3, 0.4) is 0 Å². The van der Waals surface area contributed by atoms with Crippen LogP contribution in [0.25, 0.3) is 11.3 Å². The van der Waals surface area contributed by atoms with E-state index in [4.69, 9.17) is 9.72 Å². The Labute approximate surface area is 151 Å². The summed E-state index contributed by atoms with van der Waals surface area (Å²) in [6.45, 7) is 1.99. The Balaban J connectivity index is 1.47. The van der Waals surface area contributed by atoms with Crippen LogP contribution >= 0.6 is 11.3 Å². The van der Waals surface area contributed by atoms with E-state index >= 15 is 0 Å². The highest BCUT2D eigenvalue weighted by molar-refractivity contribution is 7.10. The van der Waals surface area contributed by atoms with Gasteiger partial charge in [0.1, 0.15) is 11.6 Å². The lowest BCUT2D eigenvalue weighted by Gasteiger charge is -2.31. The number of methoxy groups -OCH3 is 1. The first kappa shape index (κ1) is 16.0. The van der Waals surface area contributed by atoms with Crippen LogP contribution in [0.15, 0.2) is 48.2 Å². The molecule has 1 aliphatic rings. The summed E-state index contributed by atoms with van der Waals surface area (Å²) in [5.41, 5.74) is 2.07. The second-order valence-electron chi connectivity index (χ2n) is 6.10. The molecule has 0 spiro atoms. The van der Waals surface area contributed by atoms with Crippen LogP contribution < -0.4 is 9.64 Å². The molecule has 6 heteroatoms. The fraction of sp³-hybridized carbons (Fsp3) is 0.316. The topological polar surface area (TPSA) is 51.1 Å². The van der Waals surface area contributed by atoms with Crippen LogP contribution in [0.1, 0.15) is 23.8 Å². The highest BCUT2D eigenvalue weighted by atomic mass is 32.1. The standard InChI is InChI=1S/C19H20N4OS/c1-24-17-5-3-2-4-15(17)16-13-25-19(22-16)14-6-10-23(11-7-14)18-12-20-8-9-21-18/h2-5,8-9,12-14H,6-7,10-11H2,1H3. The van der Waals surface area contributed by atoms with Gasteiger partial charge in [0.05, 0.1) is 24.0 Å². The van der Waals surface area contributed by atoms with Crippen LogP contribution in [0.2, 0.25) is 0 Å². The van der Waals surface area contributed by atoms with Crippen LogP contribution in [0.5, 0.6) is 5.75 Å². The van der Waals surface area contributed by atoms with Crippen molar-refractivity contribution in [1.82, 2.24) is 15.0 Å². The second-order valence-corrected chi connectivity index (χ2v) is 6.99. The van der Waals surface area contributed by atoms with Crippen molar-refractivity contribution in [2.75, 3.05) is 25.1 Å². The van der Waals surface area contributed by atoms with Crippen molar-refractivity contribution in [3.05, 3.63) is 53.2 Å². The lowest BCUT2D eigenvalue weighted by Crippen LogP contribution is -2.33. The SMILES string of the molecule is COc1ccccc1-c1csc(C2CCN(c3cnccn3)CC2)n1. The molecule has 0 unspecified atom stereocenters. The normalized spacial score (nSPS) is 15.3. The van der Waals surface area contributed by atoms with E-state index in [9.17, 15) is 0 Å². The maximum atomic E-state index is 5.46. The predicted molar refractivity (Wildman–Crippen MR) is 100 cm³/mol. The summed E-state index contributed by atoms with van der Waals surface area (Å²) in [6.07, 6.45) is 7.49. The largest absolute Gasteiger partial charge is 0.496 e. The van der Waals surface area contributed by atoms with Gasteiger partial charge in [-0.25, -0.2) is 9.97 Å². The van der Waals surface area contributed by atoms with Crippen LogP contribution in [-0.2, 0) is 0 Å². The molecule has 0 saturated carbocycles. The molecule has 0 N–H and O–H groups in total. The van der Waals surface area contributed by atoms with E-state index in [0.717, 1.165) is 48.8 Å². The molecule has 1 saturated heterocycles. The number of thiazole rings is 1. The molecule has 3 heterocycles. The van der Waals surface area contributed by atoms with Gasteiger partial charge in [0.2, 0.25) is 0 Å². The number of nitrogens with zero attached hydrogens (tertiary/aromatic N) is 4. The molecule has 0 radical (unpaired) electrons. The van der Waals surface area contributed by atoms with E-state index < -0.39 is 0 Å². The van der Waals surface area contributed by atoms with E-state index in [1.807, 2.05) is 24.4 Å². The Bertz CT molecular complexity index is 828. The zero-order valence-electron chi connectivity index (χ0n) is 14.1. The minimum Gasteiger partial charge on any atom is -0.496 e. The molecule has 5 nitrogen and oxygen atoms in total. The lowest BCUT2D eigenvalue weighted by atomic mass is 9.97. The predicted octanol–water partition coefficient (Wildman–Crippen LogP) is 3.99. The number of aromatic nitrogens is 3. The fourth-order valence-electron chi connectivity index (χ4n) is 3.27. The number of ether oxygens (including phenoxy) is 1. The van der Waals surface area contributed by atoms with Gasteiger partial charge in [0, 0.05) is 42.3 Å². The van der Waals surface area contributed by atoms with Gasteiger partial charge >= 0.3 is 0 Å². The maximum Gasteiger partial charge on any atom is 0.147 e. The summed E-state index contributed by atoms with van der Waals surface area (Å²) >= 11 is 1.75. The maximum absolute atomic E-state index is 5.46. The van der Waals surface area contributed by atoms with Crippen molar-refractivity contribution < 1.29 is 4.74 Å². The van der Waals surface area contributed by atoms with Gasteiger partial charge < -0.3 is 9.64 Å². The summed E-state index contributed by atoms with van der Waals surface area (Å²) in [7, 11) is 1.70. The third kappa shape index (κ3) is 3.35. The Morgan fingerprint density at radius 2 is 2.00 bits per heavy atom. The molecule has 0 amide bonds. The van der Waals surface area contributed by atoms with Gasteiger partial charge in [-0.15, -0.1) is 11.3 Å². The molecule has 25 heavy (non-hydrogen) atoms. The summed E-state index contributed by atoms with van der Waals surface area (Å²) in [5, 5.41) is 3.36. The van der Waals surface area contributed by atoms with E-state index in [1.54, 1.807) is 30.8 Å². The molecule has 2 aromatic heterocycles. The van der Waals surface area contributed by atoms with Gasteiger partial charge in [0.25, 0.3) is 0 Å². The Kier molecular flexibility index (Phi) is 4.61. The molecular formula is C19H20N4OS. The number of benzene rings is 1. The third-order valence-corrected chi connectivity index (χ3v) is 5.63. The van der Waals surface area contributed by atoms with E-state index in [2.05, 4.69) is 26.3 Å². The average Bonchev–Trinajstić information content (AvgIpc) is 3.19. The lowest BCUT2D eigenvalue weighted by molar-refractivity contribution is 0.416. The molecule has 1 aromatic carbocycles. The summed E-state index contributed by atoms with van der Waals surface area (Å²) in [6, 6.07) is 8.05. The summed E-state index contributed by atoms with van der Waals surface area (Å²) in [4.78, 5) is 15.8. The van der Waals surface area contributed by atoms with Gasteiger partial charge in [-0.2, -0.15) is 0 Å². The summed E-state index contributed by atoms with van der Waals surface area (Å²) < 4.78 is 5.46. The van der Waals surface area contributed by atoms with Crippen molar-refractivity contribution in [2.24, 2.45) is 0 Å². The van der Waals surface area contributed by atoms with E-state index in [0.29, 0.717) is 5.92 Å². The first-order chi connectivity index (χ1) is 12.3. The Morgan fingerprint density at radius 3 is 2.76 bits per heavy atom. The van der Waals surface area contributed by atoms with Gasteiger partial charge in [-0.1, -0.05) is 12.1 Å². The quantitative estimate of drug-likeness (QED) is 0.710. The van der Waals surface area contributed by atoms with Crippen molar-refractivity contribution in [1.29, 1.82) is 0 Å². The van der Waals surface area contributed by atoms with Crippen molar-refractivity contribution in [3.63, 3.8) is 0 Å². The minimum absolute atomic E-state index is 0.515. The number of anilines is 1. The Hall–Kier alpha value is -2.47. The monoisotopic (exact) mass is 352 g/mol. The molecular weight excluding hydrogens is 332 g/mol. The number of hydrogen-bond donors (Lipinski definition) is 0. The van der Waals surface area contributed by atoms with Gasteiger partial charge in [-0.3, -0.25) is 4.98 Å². The highest BCUT2D eigenvalue weighted by Gasteiger charge is 2.24. The molecule has 0 aliphatic carbocycles. The van der Waals surface area contributed by atoms with Gasteiger partial charge in [-0.05, 0) is 25.0 Å². The molecule has 4 rings (SSSR count). The van der Waals surface area contributed by atoms with E-state index in [1.165, 1.54) is 5.01 Å². The van der Waals surface area contributed by atoms with Gasteiger partial charge in [0.15, 0.2) is 0 Å². The number of piperidine rings is 1. The molecule has 1 aliphatic heterocycles. The summed E-state index contributed by atoms with van der Waals surface area (Å²) in [5.74, 6) is 2.35. The number of hydrogen-bond acceptors (Lipinski definition) is 6. The molecule has 0 bridgehead atoms. The minimum atomic E-state index is 0.515. The zero-order chi connectivity index (χ0) is 17.1. The zero-order valence-corrected chi connectivity index (χ0v) is 14.9. The van der Waals surface area contributed by atoms with Crippen molar-refractivity contribution >= 4 is 17.2 Å². The number of para-hydroxylation sites is 1. The molecule has 128 valence electrons. The van der Waals surface area contributed by atoms with Crippen LogP contribution in [0, 0.1) is 0 Å². The Morgan fingerprint density at radius 1 is 1.16 bits per heavy atom. The first-order valence-electron chi connectivity index (χ1n) is 8.45. The van der Waals surface area contributed by atoms with Crippen LogP contribution in [0.4, 0.5) is 5.82 Å². The molecule has 1 fully saturated rings. The third-order valence-electron chi connectivity index (χ3n) is 4.62.